The topological polar surface area (TPSA) is 23.8 Å². The van der Waals surface area contributed by atoms with Gasteiger partial charge in [-0.05, 0) is 17.0 Å². The molecule has 1 nitrogen and oxygen atoms in total. The summed E-state index contributed by atoms with van der Waals surface area (Å²) in [6.07, 6.45) is 4.34. The van der Waals surface area contributed by atoms with Crippen LogP contribution in [0, 0.1) is 11.3 Å². The first-order valence-electron chi connectivity index (χ1n) is 4.87. The van der Waals surface area contributed by atoms with Crippen LogP contribution in [0.15, 0.2) is 30.3 Å². The van der Waals surface area contributed by atoms with Crippen molar-refractivity contribution in [2.45, 2.75) is 26.2 Å². The molecule has 0 aliphatic carbocycles. The number of hydrogen-bond donors (Lipinski definition) is 0. The van der Waals surface area contributed by atoms with Gasteiger partial charge >= 0.3 is 0 Å². The molecule has 1 heteroatoms. The van der Waals surface area contributed by atoms with Crippen molar-refractivity contribution in [3.63, 3.8) is 0 Å². The number of benzene rings is 1. The third-order valence-electron chi connectivity index (χ3n) is 2.12. The predicted molar refractivity (Wildman–Crippen MR) is 59.8 cm³/mol. The van der Waals surface area contributed by atoms with Gasteiger partial charge in [0.15, 0.2) is 0 Å². The maximum atomic E-state index is 8.36. The molecule has 1 aromatic rings. The minimum absolute atomic E-state index is 0.478. The van der Waals surface area contributed by atoms with Gasteiger partial charge in [0.1, 0.15) is 0 Å². The Morgan fingerprint density at radius 1 is 1.29 bits per heavy atom. The molecule has 0 N–H and O–H groups in total. The molecule has 0 atom stereocenters. The Labute approximate surface area is 85.7 Å². The average Bonchev–Trinajstić information content (AvgIpc) is 2.19. The summed E-state index contributed by atoms with van der Waals surface area (Å²) < 4.78 is 0. The molecule has 0 saturated heterocycles. The molecule has 0 fully saturated rings. The van der Waals surface area contributed by atoms with Gasteiger partial charge < -0.3 is 0 Å². The third-order valence-corrected chi connectivity index (χ3v) is 2.12. The van der Waals surface area contributed by atoms with Crippen LogP contribution in [0.2, 0.25) is 0 Å². The van der Waals surface area contributed by atoms with Crippen molar-refractivity contribution in [3.8, 4) is 6.07 Å². The van der Waals surface area contributed by atoms with Crippen LogP contribution in [0.4, 0.5) is 0 Å². The van der Waals surface area contributed by atoms with Crippen molar-refractivity contribution in [2.75, 3.05) is 0 Å². The SMILES string of the molecule is CC(C)c1ccc(C=CCC#N)cc1. The van der Waals surface area contributed by atoms with Gasteiger partial charge in [-0.25, -0.2) is 0 Å². The molecule has 0 unspecified atom stereocenters. The van der Waals surface area contributed by atoms with Crippen molar-refractivity contribution in [2.24, 2.45) is 0 Å². The van der Waals surface area contributed by atoms with E-state index in [0.717, 1.165) is 5.56 Å². The van der Waals surface area contributed by atoms with Crippen LogP contribution in [0.25, 0.3) is 6.08 Å². The number of hydrogen-bond acceptors (Lipinski definition) is 1. The van der Waals surface area contributed by atoms with Gasteiger partial charge in [-0.3, -0.25) is 0 Å². The normalized spacial score (nSPS) is 10.7. The molecule has 1 aromatic carbocycles. The van der Waals surface area contributed by atoms with Crippen molar-refractivity contribution in [3.05, 3.63) is 41.5 Å². The van der Waals surface area contributed by atoms with E-state index in [1.807, 2.05) is 12.2 Å². The number of nitriles is 1. The molecule has 0 bridgehead atoms. The van der Waals surface area contributed by atoms with Crippen molar-refractivity contribution in [1.82, 2.24) is 0 Å². The number of rotatable bonds is 3. The molecule has 0 aliphatic rings. The van der Waals surface area contributed by atoms with Gasteiger partial charge in [0.05, 0.1) is 12.5 Å². The highest BCUT2D eigenvalue weighted by Gasteiger charge is 1.96. The van der Waals surface area contributed by atoms with E-state index in [2.05, 4.69) is 44.2 Å². The second-order valence-corrected chi connectivity index (χ2v) is 3.59. The average molecular weight is 185 g/mol. The predicted octanol–water partition coefficient (Wildman–Crippen LogP) is 3.74. The minimum atomic E-state index is 0.478. The fraction of sp³-hybridized carbons (Fsp3) is 0.308. The van der Waals surface area contributed by atoms with Crippen LogP contribution in [-0.4, -0.2) is 0 Å². The van der Waals surface area contributed by atoms with Crippen LogP contribution in [-0.2, 0) is 0 Å². The molecule has 0 heterocycles. The fourth-order valence-corrected chi connectivity index (χ4v) is 1.24. The summed E-state index contributed by atoms with van der Waals surface area (Å²) in [5.41, 5.74) is 2.51. The van der Waals surface area contributed by atoms with E-state index in [1.165, 1.54) is 5.56 Å². The summed E-state index contributed by atoms with van der Waals surface area (Å²) in [6.45, 7) is 4.36. The second-order valence-electron chi connectivity index (χ2n) is 3.59. The van der Waals surface area contributed by atoms with E-state index >= 15 is 0 Å². The van der Waals surface area contributed by atoms with Crippen LogP contribution >= 0.6 is 0 Å². The van der Waals surface area contributed by atoms with E-state index in [-0.39, 0.29) is 0 Å². The highest BCUT2D eigenvalue weighted by molar-refractivity contribution is 5.50. The molecule has 0 saturated carbocycles. The highest BCUT2D eigenvalue weighted by atomic mass is 14.2. The summed E-state index contributed by atoms with van der Waals surface area (Å²) in [5.74, 6) is 0.576. The molecule has 0 aliphatic heterocycles. The Bertz CT molecular complexity index is 338. The Morgan fingerprint density at radius 2 is 1.93 bits per heavy atom. The standard InChI is InChI=1S/C13H15N/c1-11(2)13-8-6-12(7-9-13)5-3-4-10-14/h3,5-9,11H,4H2,1-2H3. The maximum absolute atomic E-state index is 8.36. The summed E-state index contributed by atoms with van der Waals surface area (Å²) in [4.78, 5) is 0. The first-order valence-corrected chi connectivity index (χ1v) is 4.87. The van der Waals surface area contributed by atoms with Crippen molar-refractivity contribution < 1.29 is 0 Å². The molecule has 1 rings (SSSR count). The van der Waals surface area contributed by atoms with Gasteiger partial charge in [-0.1, -0.05) is 50.3 Å². The molecular weight excluding hydrogens is 170 g/mol. The monoisotopic (exact) mass is 185 g/mol. The Hall–Kier alpha value is -1.55. The molecule has 72 valence electrons. The first-order chi connectivity index (χ1) is 6.74. The van der Waals surface area contributed by atoms with E-state index in [1.54, 1.807) is 0 Å². The van der Waals surface area contributed by atoms with Gasteiger partial charge in [0, 0.05) is 0 Å². The van der Waals surface area contributed by atoms with E-state index in [9.17, 15) is 0 Å². The zero-order valence-corrected chi connectivity index (χ0v) is 8.70. The zero-order chi connectivity index (χ0) is 10.4. The number of allylic oxidation sites excluding steroid dienone is 1. The van der Waals surface area contributed by atoms with E-state index < -0.39 is 0 Å². The molecule has 0 radical (unpaired) electrons. The third kappa shape index (κ3) is 3.06. The number of nitrogens with zero attached hydrogens (tertiary/aromatic N) is 1. The molecule has 0 aromatic heterocycles. The highest BCUT2D eigenvalue weighted by Crippen LogP contribution is 2.15. The smallest absolute Gasteiger partial charge is 0.0663 e. The Kier molecular flexibility index (Phi) is 3.94. The maximum Gasteiger partial charge on any atom is 0.0663 e. The lowest BCUT2D eigenvalue weighted by atomic mass is 10.0. The first kappa shape index (κ1) is 10.5. The molecular formula is C13H15N. The zero-order valence-electron chi connectivity index (χ0n) is 8.70. The lowest BCUT2D eigenvalue weighted by molar-refractivity contribution is 0.866. The van der Waals surface area contributed by atoms with Crippen LogP contribution in [0.1, 0.15) is 37.3 Å². The van der Waals surface area contributed by atoms with Gasteiger partial charge in [-0.2, -0.15) is 5.26 Å². The quantitative estimate of drug-likeness (QED) is 0.703. The summed E-state index contributed by atoms with van der Waals surface area (Å²) >= 11 is 0. The van der Waals surface area contributed by atoms with Crippen molar-refractivity contribution >= 4 is 6.08 Å². The lowest BCUT2D eigenvalue weighted by Crippen LogP contribution is -1.85. The second kappa shape index (κ2) is 5.24. The van der Waals surface area contributed by atoms with Gasteiger partial charge in [0.2, 0.25) is 0 Å². The van der Waals surface area contributed by atoms with Gasteiger partial charge in [-0.15, -0.1) is 0 Å². The Morgan fingerprint density at radius 3 is 2.43 bits per heavy atom. The largest absolute Gasteiger partial charge is 0.198 e. The minimum Gasteiger partial charge on any atom is -0.198 e. The van der Waals surface area contributed by atoms with Gasteiger partial charge in [0.25, 0.3) is 0 Å². The summed E-state index contributed by atoms with van der Waals surface area (Å²) in [5, 5.41) is 8.36. The fourth-order valence-electron chi connectivity index (χ4n) is 1.24. The molecule has 0 amide bonds. The van der Waals surface area contributed by atoms with Crippen molar-refractivity contribution in [1.29, 1.82) is 5.26 Å². The van der Waals surface area contributed by atoms with E-state index in [0.29, 0.717) is 12.3 Å². The van der Waals surface area contributed by atoms with Crippen LogP contribution in [0.5, 0.6) is 0 Å². The van der Waals surface area contributed by atoms with Crippen LogP contribution < -0.4 is 0 Å². The molecule has 0 spiro atoms. The summed E-state index contributed by atoms with van der Waals surface area (Å²) in [7, 11) is 0. The molecule has 14 heavy (non-hydrogen) atoms. The Balaban J connectivity index is 2.70. The lowest BCUT2D eigenvalue weighted by Gasteiger charge is -2.04. The van der Waals surface area contributed by atoms with Crippen LogP contribution in [0.3, 0.4) is 0 Å². The van der Waals surface area contributed by atoms with E-state index in [4.69, 9.17) is 5.26 Å². The summed E-state index contributed by atoms with van der Waals surface area (Å²) in [6, 6.07) is 10.5.